The van der Waals surface area contributed by atoms with Crippen LogP contribution in [-0.4, -0.2) is 63.2 Å². The molecule has 0 bridgehead atoms. The Kier molecular flexibility index (Phi) is 9.19. The van der Waals surface area contributed by atoms with Crippen molar-refractivity contribution in [3.8, 4) is 0 Å². The summed E-state index contributed by atoms with van der Waals surface area (Å²) in [6.45, 7) is 25.2. The summed E-state index contributed by atoms with van der Waals surface area (Å²) in [6.07, 6.45) is 3.93. The molecule has 2 aromatic rings. The monoisotopic (exact) mass is 553 g/mol. The minimum atomic E-state index is 0.0690. The van der Waals surface area contributed by atoms with Gasteiger partial charge < -0.3 is 20.4 Å². The summed E-state index contributed by atoms with van der Waals surface area (Å²) in [6, 6.07) is 15.6. The van der Waals surface area contributed by atoms with Crippen molar-refractivity contribution < 1.29 is 4.79 Å². The lowest BCUT2D eigenvalue weighted by Gasteiger charge is -2.40. The van der Waals surface area contributed by atoms with Crippen molar-refractivity contribution in [3.63, 3.8) is 0 Å². The molecular weight excluding hydrogens is 506 g/mol. The van der Waals surface area contributed by atoms with Crippen LogP contribution in [0.15, 0.2) is 67.9 Å². The molecular formula is C35H47N5O. The first-order chi connectivity index (χ1) is 19.8. The van der Waals surface area contributed by atoms with Gasteiger partial charge in [-0.15, -0.1) is 0 Å². The number of hydrogen-bond acceptors (Lipinski definition) is 5. The van der Waals surface area contributed by atoms with Gasteiger partial charge in [0, 0.05) is 93.0 Å². The quantitative estimate of drug-likeness (QED) is 0.419. The third-order valence-electron chi connectivity index (χ3n) is 9.20. The zero-order chi connectivity index (χ0) is 28.9. The number of amides is 1. The first-order valence-electron chi connectivity index (χ1n) is 15.3. The van der Waals surface area contributed by atoms with Gasteiger partial charge in [-0.05, 0) is 74.4 Å². The van der Waals surface area contributed by atoms with E-state index in [4.69, 9.17) is 0 Å². The van der Waals surface area contributed by atoms with Crippen LogP contribution >= 0.6 is 0 Å². The molecule has 5 rings (SSSR count). The minimum absolute atomic E-state index is 0.0690. The van der Waals surface area contributed by atoms with Crippen LogP contribution in [0.2, 0.25) is 0 Å². The van der Waals surface area contributed by atoms with Crippen molar-refractivity contribution in [2.24, 2.45) is 11.8 Å². The maximum Gasteiger partial charge on any atom is 0.224 e. The molecule has 2 aromatic carbocycles. The highest BCUT2D eigenvalue weighted by Crippen LogP contribution is 2.28. The van der Waals surface area contributed by atoms with E-state index >= 15 is 0 Å². The zero-order valence-electron chi connectivity index (χ0n) is 25.1. The molecule has 0 radical (unpaired) electrons. The van der Waals surface area contributed by atoms with Crippen LogP contribution in [0.1, 0.15) is 49.3 Å². The summed E-state index contributed by atoms with van der Waals surface area (Å²) in [5.41, 5.74) is 9.11. The maximum atomic E-state index is 11.6. The van der Waals surface area contributed by atoms with Gasteiger partial charge in [-0.3, -0.25) is 9.69 Å². The number of carbonyl (C=O) groups excluding carboxylic acids is 1. The summed E-state index contributed by atoms with van der Waals surface area (Å²) in [4.78, 5) is 19.3. The first-order valence-corrected chi connectivity index (χ1v) is 15.3. The number of carbonyl (C=O) groups is 1. The van der Waals surface area contributed by atoms with E-state index in [1.165, 1.54) is 41.9 Å². The Morgan fingerprint density at radius 3 is 2.22 bits per heavy atom. The number of nitrogens with one attached hydrogen (secondary N) is 2. The van der Waals surface area contributed by atoms with Crippen LogP contribution in [0.4, 0.5) is 11.4 Å². The number of rotatable bonds is 9. The Bertz CT molecular complexity index is 1270. The molecule has 3 heterocycles. The van der Waals surface area contributed by atoms with Gasteiger partial charge in [0.15, 0.2) is 0 Å². The van der Waals surface area contributed by atoms with Crippen LogP contribution in [0.3, 0.4) is 0 Å². The average molecular weight is 554 g/mol. The van der Waals surface area contributed by atoms with Crippen LogP contribution in [-0.2, 0) is 4.79 Å². The van der Waals surface area contributed by atoms with Gasteiger partial charge in [-0.1, -0.05) is 43.5 Å². The van der Waals surface area contributed by atoms with E-state index in [9.17, 15) is 4.79 Å². The normalized spacial score (nSPS) is 20.6. The number of benzene rings is 2. The second kappa shape index (κ2) is 13.0. The molecule has 6 heteroatoms. The van der Waals surface area contributed by atoms with Crippen molar-refractivity contribution in [2.45, 2.75) is 39.5 Å². The summed E-state index contributed by atoms with van der Waals surface area (Å²) < 4.78 is 0. The van der Waals surface area contributed by atoms with Gasteiger partial charge >= 0.3 is 0 Å². The zero-order valence-corrected chi connectivity index (χ0v) is 25.1. The molecule has 1 unspecified atom stereocenters. The number of piperazine rings is 1. The van der Waals surface area contributed by atoms with E-state index in [0.29, 0.717) is 6.42 Å². The molecule has 218 valence electrons. The average Bonchev–Trinajstić information content (AvgIpc) is 2.97. The highest BCUT2D eigenvalue weighted by atomic mass is 16.1. The molecule has 6 nitrogen and oxygen atoms in total. The van der Waals surface area contributed by atoms with Gasteiger partial charge in [-0.25, -0.2) is 0 Å². The predicted octanol–water partition coefficient (Wildman–Crippen LogP) is 5.67. The summed E-state index contributed by atoms with van der Waals surface area (Å²) in [5, 5.41) is 6.35. The number of piperidine rings is 2. The Labute approximate surface area is 246 Å². The van der Waals surface area contributed by atoms with Gasteiger partial charge in [0.2, 0.25) is 5.91 Å². The summed E-state index contributed by atoms with van der Waals surface area (Å²) in [5.74, 6) is 1.10. The SMILES string of the molecule is C=C(C)c1ccc(N2CCC(CN3CCN(c4ccc(C(=C)NCC5CCC(=O)NC5=C)c(C)c4)CC3)CC2)cc1. The minimum Gasteiger partial charge on any atom is -0.384 e. The molecule has 0 aliphatic carbocycles. The van der Waals surface area contributed by atoms with Crippen LogP contribution in [0.25, 0.3) is 11.3 Å². The highest BCUT2D eigenvalue weighted by Gasteiger charge is 2.25. The van der Waals surface area contributed by atoms with Gasteiger partial charge in [0.25, 0.3) is 0 Å². The van der Waals surface area contributed by atoms with Crippen LogP contribution in [0, 0.1) is 18.8 Å². The molecule has 0 aromatic heterocycles. The molecule has 1 amide bonds. The van der Waals surface area contributed by atoms with E-state index in [1.54, 1.807) is 0 Å². The molecule has 0 spiro atoms. The summed E-state index contributed by atoms with van der Waals surface area (Å²) in [7, 11) is 0. The highest BCUT2D eigenvalue weighted by molar-refractivity contribution is 5.79. The third-order valence-corrected chi connectivity index (χ3v) is 9.20. The summed E-state index contributed by atoms with van der Waals surface area (Å²) >= 11 is 0. The van der Waals surface area contributed by atoms with Gasteiger partial charge in [0.1, 0.15) is 0 Å². The van der Waals surface area contributed by atoms with Gasteiger partial charge in [-0.2, -0.15) is 0 Å². The topological polar surface area (TPSA) is 50.9 Å². The molecule has 1 atom stereocenters. The van der Waals surface area contributed by atoms with E-state index in [2.05, 4.69) is 101 Å². The fourth-order valence-electron chi connectivity index (χ4n) is 6.46. The van der Waals surface area contributed by atoms with Crippen molar-refractivity contribution in [3.05, 3.63) is 84.6 Å². The van der Waals surface area contributed by atoms with E-state index in [0.717, 1.165) is 80.7 Å². The lowest BCUT2D eigenvalue weighted by molar-refractivity contribution is -0.121. The number of nitrogens with zero attached hydrogens (tertiary/aromatic N) is 3. The fourth-order valence-corrected chi connectivity index (χ4v) is 6.46. The molecule has 41 heavy (non-hydrogen) atoms. The maximum absolute atomic E-state index is 11.6. The van der Waals surface area contributed by atoms with Gasteiger partial charge in [0.05, 0.1) is 0 Å². The lowest BCUT2D eigenvalue weighted by atomic mass is 9.95. The third kappa shape index (κ3) is 7.23. The first kappa shape index (κ1) is 29.0. The Morgan fingerprint density at radius 1 is 0.927 bits per heavy atom. The molecule has 3 fully saturated rings. The predicted molar refractivity (Wildman–Crippen MR) is 173 cm³/mol. The van der Waals surface area contributed by atoms with Crippen molar-refractivity contribution in [2.75, 3.05) is 62.2 Å². The number of anilines is 2. The van der Waals surface area contributed by atoms with Crippen LogP contribution in [0.5, 0.6) is 0 Å². The van der Waals surface area contributed by atoms with Crippen LogP contribution < -0.4 is 20.4 Å². The lowest BCUT2D eigenvalue weighted by Crippen LogP contribution is -2.49. The molecule has 3 saturated heterocycles. The Hall–Kier alpha value is -3.51. The van der Waals surface area contributed by atoms with Crippen molar-refractivity contribution >= 4 is 28.6 Å². The number of aryl methyl sites for hydroxylation is 1. The Balaban J connectivity index is 1.05. The van der Waals surface area contributed by atoms with E-state index in [1.807, 2.05) is 0 Å². The second-order valence-electron chi connectivity index (χ2n) is 12.2. The molecule has 0 saturated carbocycles. The molecule has 3 aliphatic heterocycles. The largest absolute Gasteiger partial charge is 0.384 e. The van der Waals surface area contributed by atoms with Crippen molar-refractivity contribution in [1.82, 2.24) is 15.5 Å². The molecule has 3 aliphatic rings. The molecule has 2 N–H and O–H groups in total. The van der Waals surface area contributed by atoms with E-state index in [-0.39, 0.29) is 11.8 Å². The second-order valence-corrected chi connectivity index (χ2v) is 12.2. The smallest absolute Gasteiger partial charge is 0.224 e. The Morgan fingerprint density at radius 2 is 1.59 bits per heavy atom. The van der Waals surface area contributed by atoms with E-state index < -0.39 is 0 Å². The standard InChI is InChI=1S/C35H47N5O/c1-25(2)30-6-9-32(10-7-30)39-16-14-29(15-17-39)24-38-18-20-40(21-19-38)33-11-12-34(26(3)22-33)28(5)36-23-31-8-13-35(41)37-27(31)4/h6-7,9-12,22,29,31,36H,1,4-5,8,13-21,23-24H2,2-3H3,(H,37,41). The van der Waals surface area contributed by atoms with Crippen molar-refractivity contribution in [1.29, 1.82) is 0 Å². The fraction of sp³-hybridized carbons (Fsp3) is 0.457. The number of allylic oxidation sites excluding steroid dienone is 1. The number of hydrogen-bond donors (Lipinski definition) is 2.